The number of carbonyl (C=O) groups excluding carboxylic acids is 1. The highest BCUT2D eigenvalue weighted by Gasteiger charge is 2.14. The number of ketones is 1. The molecule has 1 aromatic rings. The van der Waals surface area contributed by atoms with E-state index in [2.05, 4.69) is 5.10 Å². The van der Waals surface area contributed by atoms with Crippen molar-refractivity contribution in [2.24, 2.45) is 7.05 Å². The Morgan fingerprint density at radius 2 is 2.18 bits per heavy atom. The number of nitrogens with zero attached hydrogens (tertiary/aromatic N) is 2. The maximum atomic E-state index is 11.0. The number of Topliss-reactive ketones (excluding diaryl/α,β-unsaturated/α-hetero) is 1. The van der Waals surface area contributed by atoms with E-state index in [1.807, 2.05) is 6.92 Å². The van der Waals surface area contributed by atoms with E-state index in [0.717, 1.165) is 5.69 Å². The third kappa shape index (κ3) is 1.28. The van der Waals surface area contributed by atoms with Crippen LogP contribution in [0.25, 0.3) is 0 Å². The van der Waals surface area contributed by atoms with Crippen molar-refractivity contribution in [1.82, 2.24) is 9.78 Å². The largest absolute Gasteiger partial charge is 0.294 e. The lowest BCUT2D eigenvalue weighted by Gasteiger charge is -1.93. The van der Waals surface area contributed by atoms with Crippen LogP contribution in [0.2, 0.25) is 5.15 Å². The number of aryl methyl sites for hydroxylation is 1. The van der Waals surface area contributed by atoms with E-state index >= 15 is 0 Å². The molecule has 1 rings (SSSR count). The zero-order chi connectivity index (χ0) is 8.59. The summed E-state index contributed by atoms with van der Waals surface area (Å²) in [5.41, 5.74) is 1.33. The van der Waals surface area contributed by atoms with Gasteiger partial charge in [-0.2, -0.15) is 5.10 Å². The van der Waals surface area contributed by atoms with Crippen molar-refractivity contribution in [1.29, 1.82) is 0 Å². The Morgan fingerprint density at radius 3 is 2.36 bits per heavy atom. The van der Waals surface area contributed by atoms with E-state index in [0.29, 0.717) is 5.56 Å². The molecule has 0 bridgehead atoms. The molecule has 3 nitrogen and oxygen atoms in total. The molecule has 0 saturated heterocycles. The topological polar surface area (TPSA) is 34.9 Å². The number of aromatic nitrogens is 2. The summed E-state index contributed by atoms with van der Waals surface area (Å²) in [5.74, 6) is -0.0411. The SMILES string of the molecule is CC(=O)c1c(Cl)nn(C)c1C. The van der Waals surface area contributed by atoms with Crippen molar-refractivity contribution >= 4 is 17.4 Å². The van der Waals surface area contributed by atoms with E-state index < -0.39 is 0 Å². The molecule has 0 N–H and O–H groups in total. The average Bonchev–Trinajstić information content (AvgIpc) is 2.07. The van der Waals surface area contributed by atoms with Gasteiger partial charge in [0.15, 0.2) is 10.9 Å². The van der Waals surface area contributed by atoms with Gasteiger partial charge in [-0.05, 0) is 13.8 Å². The fourth-order valence-corrected chi connectivity index (χ4v) is 1.35. The number of hydrogen-bond acceptors (Lipinski definition) is 2. The van der Waals surface area contributed by atoms with E-state index in [-0.39, 0.29) is 10.9 Å². The molecule has 1 heterocycles. The van der Waals surface area contributed by atoms with Crippen LogP contribution in [0.15, 0.2) is 0 Å². The molecule has 4 heteroatoms. The predicted octanol–water partition coefficient (Wildman–Crippen LogP) is 1.58. The summed E-state index contributed by atoms with van der Waals surface area (Å²) >= 11 is 5.69. The van der Waals surface area contributed by atoms with Crippen LogP contribution in [0.5, 0.6) is 0 Å². The van der Waals surface area contributed by atoms with E-state index in [9.17, 15) is 4.79 Å². The lowest BCUT2D eigenvalue weighted by Crippen LogP contribution is -1.97. The molecule has 1 aromatic heterocycles. The van der Waals surface area contributed by atoms with Crippen LogP contribution < -0.4 is 0 Å². The van der Waals surface area contributed by atoms with Crippen LogP contribution in [0.1, 0.15) is 23.0 Å². The van der Waals surface area contributed by atoms with E-state index in [1.165, 1.54) is 6.92 Å². The third-order valence-corrected chi connectivity index (χ3v) is 1.91. The standard InChI is InChI=1S/C7H9ClN2O/c1-4-6(5(2)11)7(8)9-10(4)3/h1-3H3. The van der Waals surface area contributed by atoms with Crippen molar-refractivity contribution in [2.75, 3.05) is 0 Å². The lowest BCUT2D eigenvalue weighted by atomic mass is 10.2. The fraction of sp³-hybridized carbons (Fsp3) is 0.429. The average molecular weight is 173 g/mol. The number of carbonyl (C=O) groups is 1. The number of halogens is 1. The van der Waals surface area contributed by atoms with Crippen LogP contribution in [0.4, 0.5) is 0 Å². The van der Waals surface area contributed by atoms with Crippen LogP contribution in [0.3, 0.4) is 0 Å². The molecule has 11 heavy (non-hydrogen) atoms. The Labute approximate surface area is 70.0 Å². The van der Waals surface area contributed by atoms with Gasteiger partial charge >= 0.3 is 0 Å². The van der Waals surface area contributed by atoms with Gasteiger partial charge in [-0.15, -0.1) is 0 Å². The van der Waals surface area contributed by atoms with Gasteiger partial charge in [0.05, 0.1) is 5.56 Å². The summed E-state index contributed by atoms with van der Waals surface area (Å²) in [5, 5.41) is 4.18. The highest BCUT2D eigenvalue weighted by molar-refractivity contribution is 6.32. The van der Waals surface area contributed by atoms with E-state index in [1.54, 1.807) is 11.7 Å². The molecule has 0 fully saturated rings. The lowest BCUT2D eigenvalue weighted by molar-refractivity contribution is 0.101. The van der Waals surface area contributed by atoms with Crippen LogP contribution in [-0.4, -0.2) is 15.6 Å². The molecular weight excluding hydrogens is 164 g/mol. The molecular formula is C7H9ClN2O. The second-order valence-electron chi connectivity index (χ2n) is 2.43. The van der Waals surface area contributed by atoms with Crippen molar-refractivity contribution in [2.45, 2.75) is 13.8 Å². The predicted molar refractivity (Wildman–Crippen MR) is 43.0 cm³/mol. The summed E-state index contributed by atoms with van der Waals surface area (Å²) in [4.78, 5) is 11.0. The Morgan fingerprint density at radius 1 is 1.64 bits per heavy atom. The molecule has 0 aromatic carbocycles. The van der Waals surface area contributed by atoms with Gasteiger partial charge in [0.25, 0.3) is 0 Å². The maximum Gasteiger partial charge on any atom is 0.164 e. The first-order valence-corrected chi connectivity index (χ1v) is 3.62. The Bertz CT molecular complexity index is 304. The molecule has 0 aliphatic heterocycles. The zero-order valence-electron chi connectivity index (χ0n) is 6.68. The minimum Gasteiger partial charge on any atom is -0.294 e. The second kappa shape index (κ2) is 2.66. The minimum absolute atomic E-state index is 0.0411. The monoisotopic (exact) mass is 172 g/mol. The quantitative estimate of drug-likeness (QED) is 0.603. The Kier molecular flexibility index (Phi) is 2.00. The summed E-state index contributed by atoms with van der Waals surface area (Å²) in [6.07, 6.45) is 0. The first kappa shape index (κ1) is 8.27. The van der Waals surface area contributed by atoms with Gasteiger partial charge in [0, 0.05) is 12.7 Å². The van der Waals surface area contributed by atoms with E-state index in [4.69, 9.17) is 11.6 Å². The molecule has 60 valence electrons. The number of hydrogen-bond donors (Lipinski definition) is 0. The third-order valence-electron chi connectivity index (χ3n) is 1.64. The first-order valence-electron chi connectivity index (χ1n) is 3.24. The summed E-state index contributed by atoms with van der Waals surface area (Å²) in [6.45, 7) is 3.30. The van der Waals surface area contributed by atoms with Crippen molar-refractivity contribution in [3.8, 4) is 0 Å². The van der Waals surface area contributed by atoms with Crippen molar-refractivity contribution < 1.29 is 4.79 Å². The van der Waals surface area contributed by atoms with Gasteiger partial charge < -0.3 is 0 Å². The summed E-state index contributed by atoms with van der Waals surface area (Å²) < 4.78 is 1.60. The molecule has 0 spiro atoms. The summed E-state index contributed by atoms with van der Waals surface area (Å²) in [6, 6.07) is 0. The molecule has 0 saturated carbocycles. The van der Waals surface area contributed by atoms with Gasteiger partial charge in [-0.3, -0.25) is 9.48 Å². The molecule has 0 atom stereocenters. The molecule has 0 aliphatic rings. The maximum absolute atomic E-state index is 11.0. The summed E-state index contributed by atoms with van der Waals surface area (Å²) in [7, 11) is 1.76. The zero-order valence-corrected chi connectivity index (χ0v) is 7.44. The molecule has 0 radical (unpaired) electrons. The minimum atomic E-state index is -0.0411. The van der Waals surface area contributed by atoms with Crippen molar-refractivity contribution in [3.63, 3.8) is 0 Å². The Hall–Kier alpha value is -0.830. The number of rotatable bonds is 1. The molecule has 0 amide bonds. The van der Waals surface area contributed by atoms with Gasteiger partial charge in [0.1, 0.15) is 0 Å². The van der Waals surface area contributed by atoms with Crippen LogP contribution in [0, 0.1) is 6.92 Å². The molecule has 0 unspecified atom stereocenters. The fourth-order valence-electron chi connectivity index (χ4n) is 0.968. The van der Waals surface area contributed by atoms with Gasteiger partial charge in [-0.1, -0.05) is 11.6 Å². The highest BCUT2D eigenvalue weighted by Crippen LogP contribution is 2.17. The van der Waals surface area contributed by atoms with Gasteiger partial charge in [-0.25, -0.2) is 0 Å². The second-order valence-corrected chi connectivity index (χ2v) is 2.79. The highest BCUT2D eigenvalue weighted by atomic mass is 35.5. The van der Waals surface area contributed by atoms with Crippen LogP contribution >= 0.6 is 11.6 Å². The smallest absolute Gasteiger partial charge is 0.164 e. The van der Waals surface area contributed by atoms with Crippen LogP contribution in [-0.2, 0) is 7.05 Å². The molecule has 0 aliphatic carbocycles. The van der Waals surface area contributed by atoms with Crippen molar-refractivity contribution in [3.05, 3.63) is 16.4 Å². The first-order chi connectivity index (χ1) is 5.04. The normalized spacial score (nSPS) is 10.2. The Balaban J connectivity index is 3.34. The van der Waals surface area contributed by atoms with Gasteiger partial charge in [0.2, 0.25) is 0 Å².